The number of ether oxygens (including phenoxy) is 1. The van der Waals surface area contributed by atoms with E-state index in [4.69, 9.17) is 9.84 Å². The molecule has 1 aromatic carbocycles. The van der Waals surface area contributed by atoms with Crippen LogP contribution in [0.5, 0.6) is 0 Å². The molecule has 0 bridgehead atoms. The number of hydrogen-bond donors (Lipinski definition) is 1. The van der Waals surface area contributed by atoms with Crippen LogP contribution < -0.4 is 0 Å². The number of carbonyl (C=O) groups excluding carboxylic acids is 1. The smallest absolute Gasteiger partial charge is 0.334 e. The van der Waals surface area contributed by atoms with Gasteiger partial charge in [0.25, 0.3) is 5.91 Å². The largest absolute Gasteiger partial charge is 0.479 e. The molecule has 1 fully saturated rings. The molecule has 1 aromatic rings. The van der Waals surface area contributed by atoms with Crippen LogP contribution >= 0.6 is 15.9 Å². The number of carboxylic acids is 1. The first-order valence-corrected chi connectivity index (χ1v) is 6.37. The Kier molecular flexibility index (Phi) is 4.16. The molecule has 0 spiro atoms. The lowest BCUT2D eigenvalue weighted by molar-refractivity contribution is -0.154. The zero-order valence-corrected chi connectivity index (χ0v) is 11.4. The maximum atomic E-state index is 13.4. The van der Waals surface area contributed by atoms with Gasteiger partial charge in [0, 0.05) is 12.1 Å². The third kappa shape index (κ3) is 3.10. The summed E-state index contributed by atoms with van der Waals surface area (Å²) in [5.74, 6) is -2.05. The first-order chi connectivity index (χ1) is 8.99. The van der Waals surface area contributed by atoms with E-state index < -0.39 is 23.8 Å². The van der Waals surface area contributed by atoms with Crippen LogP contribution in [0, 0.1) is 5.82 Å². The number of nitrogens with zero attached hydrogens (tertiary/aromatic N) is 1. The van der Waals surface area contributed by atoms with Gasteiger partial charge in [-0.25, -0.2) is 9.18 Å². The lowest BCUT2D eigenvalue weighted by Crippen LogP contribution is -2.48. The number of aliphatic carboxylic acids is 1. The molecule has 19 heavy (non-hydrogen) atoms. The molecule has 1 amide bonds. The fourth-order valence-corrected chi connectivity index (χ4v) is 2.04. The van der Waals surface area contributed by atoms with E-state index in [0.29, 0.717) is 6.54 Å². The normalized spacial score (nSPS) is 19.3. The summed E-state index contributed by atoms with van der Waals surface area (Å²) in [6.45, 7) is 0.411. The Balaban J connectivity index is 2.14. The average molecular weight is 332 g/mol. The number of halogens is 2. The molecule has 2 rings (SSSR count). The number of morpholine rings is 1. The summed E-state index contributed by atoms with van der Waals surface area (Å²) in [7, 11) is 0. The fraction of sp³-hybridized carbons (Fsp3) is 0.333. The average Bonchev–Trinajstić information content (AvgIpc) is 2.41. The van der Waals surface area contributed by atoms with Gasteiger partial charge < -0.3 is 14.7 Å². The van der Waals surface area contributed by atoms with E-state index in [1.807, 2.05) is 0 Å². The van der Waals surface area contributed by atoms with Gasteiger partial charge >= 0.3 is 5.97 Å². The Morgan fingerprint density at radius 2 is 2.21 bits per heavy atom. The van der Waals surface area contributed by atoms with Crippen molar-refractivity contribution in [2.24, 2.45) is 0 Å². The van der Waals surface area contributed by atoms with Crippen LogP contribution in [0.4, 0.5) is 4.39 Å². The summed E-state index contributed by atoms with van der Waals surface area (Å²) in [6, 6.07) is 4.05. The van der Waals surface area contributed by atoms with Gasteiger partial charge in [0.05, 0.1) is 17.6 Å². The van der Waals surface area contributed by atoms with E-state index in [2.05, 4.69) is 15.9 Å². The third-order valence-electron chi connectivity index (χ3n) is 2.80. The quantitative estimate of drug-likeness (QED) is 0.892. The molecule has 1 heterocycles. The standard InChI is InChI=1S/C12H11BrFNO4/c13-8-2-1-7(5-9(8)14)11(16)15-3-4-19-10(6-15)12(17)18/h1-2,5,10H,3-4,6H2,(H,17,18). The number of carboxylic acid groups (broad SMARTS) is 1. The second kappa shape index (κ2) is 5.66. The maximum absolute atomic E-state index is 13.4. The van der Waals surface area contributed by atoms with E-state index in [0.717, 1.165) is 6.07 Å². The van der Waals surface area contributed by atoms with Crippen LogP contribution in [-0.2, 0) is 9.53 Å². The molecular formula is C12H11BrFNO4. The molecule has 7 heteroatoms. The van der Waals surface area contributed by atoms with Gasteiger partial charge in [0.1, 0.15) is 5.82 Å². The zero-order chi connectivity index (χ0) is 14.0. The molecule has 1 N–H and O–H groups in total. The predicted octanol–water partition coefficient (Wildman–Crippen LogP) is 1.51. The summed E-state index contributed by atoms with van der Waals surface area (Å²) in [4.78, 5) is 24.3. The summed E-state index contributed by atoms with van der Waals surface area (Å²) in [6.07, 6.45) is -1.03. The Morgan fingerprint density at radius 1 is 1.47 bits per heavy atom. The van der Waals surface area contributed by atoms with Gasteiger partial charge in [-0.15, -0.1) is 0 Å². The molecule has 1 saturated heterocycles. The first kappa shape index (κ1) is 14.0. The number of rotatable bonds is 2. The Morgan fingerprint density at radius 3 is 2.84 bits per heavy atom. The van der Waals surface area contributed by atoms with Crippen molar-refractivity contribution in [1.29, 1.82) is 0 Å². The third-order valence-corrected chi connectivity index (χ3v) is 3.44. The SMILES string of the molecule is O=C(O)C1CN(C(=O)c2ccc(Br)c(F)c2)CCO1. The highest BCUT2D eigenvalue weighted by atomic mass is 79.9. The van der Waals surface area contributed by atoms with Crippen molar-refractivity contribution in [1.82, 2.24) is 4.90 Å². The monoisotopic (exact) mass is 331 g/mol. The highest BCUT2D eigenvalue weighted by Gasteiger charge is 2.29. The van der Waals surface area contributed by atoms with E-state index in [1.165, 1.54) is 17.0 Å². The summed E-state index contributed by atoms with van der Waals surface area (Å²) in [5, 5.41) is 8.86. The minimum atomic E-state index is -1.11. The number of carbonyl (C=O) groups is 2. The molecule has 1 atom stereocenters. The van der Waals surface area contributed by atoms with Crippen molar-refractivity contribution in [3.63, 3.8) is 0 Å². The molecule has 0 saturated carbocycles. The minimum absolute atomic E-state index is 0.0359. The van der Waals surface area contributed by atoms with Crippen LogP contribution in [0.1, 0.15) is 10.4 Å². The summed E-state index contributed by atoms with van der Waals surface area (Å²) in [5.41, 5.74) is 0.187. The molecule has 0 aromatic heterocycles. The van der Waals surface area contributed by atoms with Gasteiger partial charge in [0.2, 0.25) is 0 Å². The Bertz CT molecular complexity index is 522. The molecule has 102 valence electrons. The van der Waals surface area contributed by atoms with Crippen molar-refractivity contribution in [2.45, 2.75) is 6.10 Å². The van der Waals surface area contributed by atoms with Gasteiger partial charge in [-0.05, 0) is 34.1 Å². The van der Waals surface area contributed by atoms with Gasteiger partial charge in [-0.3, -0.25) is 4.79 Å². The van der Waals surface area contributed by atoms with E-state index in [9.17, 15) is 14.0 Å². The predicted molar refractivity (Wildman–Crippen MR) is 67.4 cm³/mol. The number of amides is 1. The molecule has 5 nitrogen and oxygen atoms in total. The van der Waals surface area contributed by atoms with Gasteiger partial charge in [-0.1, -0.05) is 0 Å². The van der Waals surface area contributed by atoms with Crippen LogP contribution in [0.25, 0.3) is 0 Å². The molecule has 1 unspecified atom stereocenters. The van der Waals surface area contributed by atoms with Crippen LogP contribution in [0.3, 0.4) is 0 Å². The van der Waals surface area contributed by atoms with Crippen molar-refractivity contribution in [2.75, 3.05) is 19.7 Å². The van der Waals surface area contributed by atoms with Crippen molar-refractivity contribution >= 4 is 27.8 Å². The highest BCUT2D eigenvalue weighted by molar-refractivity contribution is 9.10. The lowest BCUT2D eigenvalue weighted by atomic mass is 10.1. The van der Waals surface area contributed by atoms with Crippen molar-refractivity contribution in [3.05, 3.63) is 34.1 Å². The zero-order valence-electron chi connectivity index (χ0n) is 9.81. The fourth-order valence-electron chi connectivity index (χ4n) is 1.79. The van der Waals surface area contributed by atoms with Gasteiger partial charge in [0.15, 0.2) is 6.10 Å². The van der Waals surface area contributed by atoms with Gasteiger partial charge in [-0.2, -0.15) is 0 Å². The van der Waals surface area contributed by atoms with Crippen LogP contribution in [-0.4, -0.2) is 47.7 Å². The van der Waals surface area contributed by atoms with Crippen LogP contribution in [0.15, 0.2) is 22.7 Å². The second-order valence-corrected chi connectivity index (χ2v) is 4.93. The summed E-state index contributed by atoms with van der Waals surface area (Å²) < 4.78 is 18.7. The minimum Gasteiger partial charge on any atom is -0.479 e. The number of benzene rings is 1. The van der Waals surface area contributed by atoms with Crippen molar-refractivity contribution < 1.29 is 23.8 Å². The molecule has 1 aliphatic heterocycles. The topological polar surface area (TPSA) is 66.8 Å². The molecular weight excluding hydrogens is 321 g/mol. The Hall–Kier alpha value is -1.47. The number of hydrogen-bond acceptors (Lipinski definition) is 3. The Labute approximate surface area is 117 Å². The van der Waals surface area contributed by atoms with Crippen molar-refractivity contribution in [3.8, 4) is 0 Å². The molecule has 1 aliphatic rings. The van der Waals surface area contributed by atoms with Crippen LogP contribution in [0.2, 0.25) is 0 Å². The molecule has 0 radical (unpaired) electrons. The highest BCUT2D eigenvalue weighted by Crippen LogP contribution is 2.18. The lowest BCUT2D eigenvalue weighted by Gasteiger charge is -2.30. The van der Waals surface area contributed by atoms with E-state index in [-0.39, 0.29) is 23.2 Å². The maximum Gasteiger partial charge on any atom is 0.334 e. The first-order valence-electron chi connectivity index (χ1n) is 5.58. The summed E-state index contributed by atoms with van der Waals surface area (Å²) >= 11 is 3.01. The second-order valence-electron chi connectivity index (χ2n) is 4.08. The van der Waals surface area contributed by atoms with E-state index >= 15 is 0 Å². The molecule has 0 aliphatic carbocycles. The van der Waals surface area contributed by atoms with E-state index in [1.54, 1.807) is 0 Å².